The van der Waals surface area contributed by atoms with Gasteiger partial charge in [-0.25, -0.2) is 4.79 Å². The molecule has 0 rings (SSSR count). The Hall–Kier alpha value is -1.07. The molecule has 0 fully saturated rings. The van der Waals surface area contributed by atoms with E-state index in [1.807, 2.05) is 13.8 Å². The Morgan fingerprint density at radius 1 is 0.778 bits per heavy atom. The van der Waals surface area contributed by atoms with Gasteiger partial charge in [0.05, 0.1) is 57.1 Å². The number of aliphatic hydroxyl groups excluding tert-OH is 5. The van der Waals surface area contributed by atoms with Crippen molar-refractivity contribution in [2.45, 2.75) is 20.8 Å². The van der Waals surface area contributed by atoms with Crippen LogP contribution in [0, 0.1) is 10.8 Å². The van der Waals surface area contributed by atoms with E-state index in [1.165, 1.54) is 6.92 Å². The minimum atomic E-state index is -1.22. The van der Waals surface area contributed by atoms with E-state index in [0.717, 1.165) is 13.2 Å². The lowest BCUT2D eigenvalue weighted by molar-refractivity contribution is -0.150. The molecule has 162 valence electrons. The summed E-state index contributed by atoms with van der Waals surface area (Å²) in [5.74, 6) is -0.651. The van der Waals surface area contributed by atoms with Gasteiger partial charge in [-0.05, 0) is 20.8 Å². The van der Waals surface area contributed by atoms with E-state index in [1.54, 1.807) is 0 Å². The third kappa shape index (κ3) is 11.4. The molecule has 0 saturated carbocycles. The number of carbonyl (C=O) groups is 1. The zero-order valence-electron chi connectivity index (χ0n) is 16.6. The first kappa shape index (κ1) is 28.1. The Kier molecular flexibility index (Phi) is 16.6. The predicted molar refractivity (Wildman–Crippen MR) is 99.1 cm³/mol. The maximum absolute atomic E-state index is 11.4. The summed E-state index contributed by atoms with van der Waals surface area (Å²) in [6.45, 7) is 7.42. The van der Waals surface area contributed by atoms with Crippen molar-refractivity contribution < 1.29 is 44.5 Å². The highest BCUT2D eigenvalue weighted by Crippen LogP contribution is 2.21. The maximum atomic E-state index is 11.4. The summed E-state index contributed by atoms with van der Waals surface area (Å²) in [5, 5.41) is 46.4. The molecule has 0 saturated heterocycles. The van der Waals surface area contributed by atoms with E-state index >= 15 is 0 Å². The molecule has 0 aromatic rings. The van der Waals surface area contributed by atoms with E-state index in [4.69, 9.17) is 14.2 Å². The number of carbonyl (C=O) groups excluding carboxylic acids is 1. The molecule has 27 heavy (non-hydrogen) atoms. The largest absolute Gasteiger partial charge is 0.461 e. The Morgan fingerprint density at radius 3 is 1.48 bits per heavy atom. The smallest absolute Gasteiger partial charge is 0.333 e. The molecule has 0 aliphatic rings. The van der Waals surface area contributed by atoms with E-state index in [0.29, 0.717) is 0 Å². The van der Waals surface area contributed by atoms with E-state index in [2.05, 4.69) is 6.58 Å². The van der Waals surface area contributed by atoms with Crippen molar-refractivity contribution in [3.63, 3.8) is 0 Å². The fourth-order valence-electron chi connectivity index (χ4n) is 1.59. The molecule has 0 aliphatic heterocycles. The lowest BCUT2D eigenvalue weighted by atomic mass is 9.90. The van der Waals surface area contributed by atoms with Crippen LogP contribution >= 0.6 is 0 Å². The zero-order chi connectivity index (χ0) is 21.3. The van der Waals surface area contributed by atoms with Crippen LogP contribution in [-0.4, -0.2) is 97.6 Å². The van der Waals surface area contributed by atoms with Gasteiger partial charge in [0, 0.05) is 18.8 Å². The van der Waals surface area contributed by atoms with Gasteiger partial charge in [-0.3, -0.25) is 0 Å². The second-order valence-corrected chi connectivity index (χ2v) is 6.42. The molecular formula is C18H36O9. The van der Waals surface area contributed by atoms with Crippen LogP contribution in [0.5, 0.6) is 0 Å². The minimum absolute atomic E-state index is 0.186. The predicted octanol–water partition coefficient (Wildman–Crippen LogP) is -0.901. The normalized spacial score (nSPS) is 11.6. The molecule has 0 aliphatic carbocycles. The second-order valence-electron chi connectivity index (χ2n) is 6.42. The van der Waals surface area contributed by atoms with E-state index < -0.39 is 49.8 Å². The average molecular weight is 396 g/mol. The highest BCUT2D eigenvalue weighted by Gasteiger charge is 2.34. The van der Waals surface area contributed by atoms with Gasteiger partial charge in [0.15, 0.2) is 0 Å². The number of ether oxygens (including phenoxy) is 3. The summed E-state index contributed by atoms with van der Waals surface area (Å²) in [6.07, 6.45) is 0. The second kappa shape index (κ2) is 15.9. The third-order valence-corrected chi connectivity index (χ3v) is 3.76. The van der Waals surface area contributed by atoms with Crippen molar-refractivity contribution >= 4 is 5.97 Å². The highest BCUT2D eigenvalue weighted by atomic mass is 16.5. The van der Waals surface area contributed by atoms with Crippen LogP contribution in [0.2, 0.25) is 0 Å². The molecule has 5 N–H and O–H groups in total. The summed E-state index contributed by atoms with van der Waals surface area (Å²) in [6, 6.07) is 0. The Bertz CT molecular complexity index is 380. The molecule has 9 heteroatoms. The Labute approximate surface area is 161 Å². The lowest BCUT2D eigenvalue weighted by Gasteiger charge is -2.32. The number of hydrogen-bond acceptors (Lipinski definition) is 9. The van der Waals surface area contributed by atoms with Gasteiger partial charge in [-0.2, -0.15) is 0 Å². The summed E-state index contributed by atoms with van der Waals surface area (Å²) in [4.78, 5) is 11.4. The number of aliphatic hydroxyl groups is 5. The molecule has 9 nitrogen and oxygen atoms in total. The fourth-order valence-corrected chi connectivity index (χ4v) is 1.59. The molecule has 0 aromatic carbocycles. The van der Waals surface area contributed by atoms with Crippen LogP contribution in [0.15, 0.2) is 12.2 Å². The van der Waals surface area contributed by atoms with E-state index in [9.17, 15) is 30.3 Å². The topological polar surface area (TPSA) is 146 Å². The van der Waals surface area contributed by atoms with Crippen LogP contribution in [0.4, 0.5) is 0 Å². The maximum Gasteiger partial charge on any atom is 0.333 e. The van der Waals surface area contributed by atoms with Crippen molar-refractivity contribution in [1.82, 2.24) is 0 Å². The van der Waals surface area contributed by atoms with Crippen molar-refractivity contribution in [2.24, 2.45) is 10.8 Å². The first-order valence-electron chi connectivity index (χ1n) is 8.78. The number of rotatable bonds is 14. The van der Waals surface area contributed by atoms with Crippen LogP contribution < -0.4 is 0 Å². The van der Waals surface area contributed by atoms with Gasteiger partial charge < -0.3 is 39.7 Å². The molecule has 0 spiro atoms. The molecule has 0 unspecified atom stereocenters. The average Bonchev–Trinajstić information content (AvgIpc) is 2.69. The lowest BCUT2D eigenvalue weighted by Crippen LogP contribution is -2.44. The van der Waals surface area contributed by atoms with Crippen molar-refractivity contribution in [3.8, 4) is 0 Å². The van der Waals surface area contributed by atoms with Gasteiger partial charge in [-0.1, -0.05) is 6.58 Å². The van der Waals surface area contributed by atoms with Gasteiger partial charge in [0.2, 0.25) is 0 Å². The van der Waals surface area contributed by atoms with Crippen molar-refractivity contribution in [3.05, 3.63) is 12.2 Å². The first-order chi connectivity index (χ1) is 12.8. The molecular weight excluding hydrogens is 360 g/mol. The zero-order valence-corrected chi connectivity index (χ0v) is 16.6. The molecule has 0 aromatic heterocycles. The highest BCUT2D eigenvalue weighted by molar-refractivity contribution is 5.86. The van der Waals surface area contributed by atoms with Gasteiger partial charge in [-0.15, -0.1) is 0 Å². The first-order valence-corrected chi connectivity index (χ1v) is 8.78. The summed E-state index contributed by atoms with van der Waals surface area (Å²) in [5.41, 5.74) is -2.26. The van der Waals surface area contributed by atoms with Gasteiger partial charge >= 0.3 is 5.97 Å². The number of hydrogen-bond donors (Lipinski definition) is 5. The van der Waals surface area contributed by atoms with Crippen molar-refractivity contribution in [1.29, 1.82) is 0 Å². The van der Waals surface area contributed by atoms with Gasteiger partial charge in [0.1, 0.15) is 6.61 Å². The Balaban J connectivity index is 0. The monoisotopic (exact) mass is 396 g/mol. The van der Waals surface area contributed by atoms with Gasteiger partial charge in [0.25, 0.3) is 0 Å². The molecule has 0 radical (unpaired) electrons. The van der Waals surface area contributed by atoms with E-state index in [-0.39, 0.29) is 25.4 Å². The molecule has 0 amide bonds. The Morgan fingerprint density at radius 2 is 1.19 bits per heavy atom. The van der Waals surface area contributed by atoms with Crippen LogP contribution in [0.3, 0.4) is 0 Å². The van der Waals surface area contributed by atoms with Crippen LogP contribution in [-0.2, 0) is 19.0 Å². The summed E-state index contributed by atoms with van der Waals surface area (Å²) < 4.78 is 15.1. The molecule has 0 bridgehead atoms. The number of esters is 1. The molecule has 0 heterocycles. The SMILES string of the molecule is C=C(C)C(=O)OCC(CO)(CO)COCC(CO)(CO)CO.CCOCC. The quantitative estimate of drug-likeness (QED) is 0.186. The fraction of sp³-hybridized carbons (Fsp3) is 0.833. The summed E-state index contributed by atoms with van der Waals surface area (Å²) in [7, 11) is 0. The molecule has 0 atom stereocenters. The summed E-state index contributed by atoms with van der Waals surface area (Å²) >= 11 is 0. The van der Waals surface area contributed by atoms with Crippen LogP contribution in [0.1, 0.15) is 20.8 Å². The third-order valence-electron chi connectivity index (χ3n) is 3.76. The minimum Gasteiger partial charge on any atom is -0.461 e. The standard InChI is InChI=1S/C14H26O8.C4H10O/c1-11(2)12(20)22-10-14(6-18,7-19)9-21-8-13(3-15,4-16)5-17;1-3-5-4-2/h15-19H,1,3-10H2,2H3;3-4H2,1-2H3. The van der Waals surface area contributed by atoms with Crippen LogP contribution in [0.25, 0.3) is 0 Å². The van der Waals surface area contributed by atoms with Crippen molar-refractivity contribution in [2.75, 3.05) is 66.1 Å².